The third-order valence-corrected chi connectivity index (χ3v) is 3.36. The molecule has 0 aromatic heterocycles. The molecule has 1 aromatic rings. The molecule has 2 atom stereocenters. The van der Waals surface area contributed by atoms with Crippen molar-refractivity contribution in [1.29, 1.82) is 0 Å². The Kier molecular flexibility index (Phi) is 9.20. The van der Waals surface area contributed by atoms with Crippen molar-refractivity contribution >= 4 is 17.8 Å². The summed E-state index contributed by atoms with van der Waals surface area (Å²) in [5.41, 5.74) is 6.20. The first kappa shape index (κ1) is 20.6. The van der Waals surface area contributed by atoms with Gasteiger partial charge < -0.3 is 26.2 Å². The van der Waals surface area contributed by atoms with Crippen LogP contribution in [0.1, 0.15) is 31.4 Å². The van der Waals surface area contributed by atoms with Crippen LogP contribution in [0.2, 0.25) is 0 Å². The zero-order chi connectivity index (χ0) is 18.7. The van der Waals surface area contributed by atoms with E-state index in [1.165, 1.54) is 0 Å². The average molecular weight is 351 g/mol. The van der Waals surface area contributed by atoms with Crippen LogP contribution in [0.25, 0.3) is 0 Å². The Morgan fingerprint density at radius 3 is 2.48 bits per heavy atom. The van der Waals surface area contributed by atoms with Crippen LogP contribution >= 0.6 is 0 Å². The topological polar surface area (TPSA) is 131 Å². The Bertz CT molecular complexity index is 565. The number of carbonyl (C=O) groups is 3. The van der Waals surface area contributed by atoms with Crippen molar-refractivity contribution in [1.82, 2.24) is 10.6 Å². The van der Waals surface area contributed by atoms with E-state index in [0.29, 0.717) is 5.56 Å². The molecule has 1 aromatic carbocycles. The summed E-state index contributed by atoms with van der Waals surface area (Å²) in [6, 6.07) is 7.02. The number of carboxylic acid groups (broad SMARTS) is 1. The fourth-order valence-electron chi connectivity index (χ4n) is 2.13. The van der Waals surface area contributed by atoms with Crippen molar-refractivity contribution in [3.05, 3.63) is 35.9 Å². The Balaban J connectivity index is 2.35. The van der Waals surface area contributed by atoms with E-state index >= 15 is 0 Å². The summed E-state index contributed by atoms with van der Waals surface area (Å²) in [6.07, 6.45) is 1.74. The molecule has 0 fully saturated rings. The van der Waals surface area contributed by atoms with E-state index in [-0.39, 0.29) is 25.8 Å². The Hall–Kier alpha value is -2.45. The van der Waals surface area contributed by atoms with E-state index in [1.54, 1.807) is 30.3 Å². The van der Waals surface area contributed by atoms with Gasteiger partial charge in [-0.05, 0) is 12.0 Å². The second-order valence-corrected chi connectivity index (χ2v) is 5.59. The van der Waals surface area contributed by atoms with Gasteiger partial charge in [0.25, 0.3) is 0 Å². The lowest BCUT2D eigenvalue weighted by atomic mass is 10.1. The molecule has 0 heterocycles. The molecule has 2 amide bonds. The third-order valence-electron chi connectivity index (χ3n) is 3.36. The van der Waals surface area contributed by atoms with Gasteiger partial charge in [-0.2, -0.15) is 0 Å². The van der Waals surface area contributed by atoms with Gasteiger partial charge in [0.05, 0.1) is 13.2 Å². The van der Waals surface area contributed by atoms with Gasteiger partial charge in [0, 0.05) is 6.04 Å². The Morgan fingerprint density at radius 1 is 1.20 bits per heavy atom. The summed E-state index contributed by atoms with van der Waals surface area (Å²) in [5.74, 6) is -2.25. The lowest BCUT2D eigenvalue weighted by Gasteiger charge is -2.15. The van der Waals surface area contributed by atoms with Crippen LogP contribution in [0, 0.1) is 0 Å². The molecule has 2 unspecified atom stereocenters. The molecule has 0 spiro atoms. The van der Waals surface area contributed by atoms with Crippen molar-refractivity contribution in [2.75, 3.05) is 19.8 Å². The van der Waals surface area contributed by atoms with E-state index in [4.69, 9.17) is 10.5 Å². The van der Waals surface area contributed by atoms with Crippen LogP contribution in [0.4, 0.5) is 0 Å². The smallest absolute Gasteiger partial charge is 0.330 e. The van der Waals surface area contributed by atoms with Crippen LogP contribution in [0.3, 0.4) is 0 Å². The number of carbonyl (C=O) groups excluding carboxylic acids is 2. The number of hydrogen-bond acceptors (Lipinski definition) is 5. The molecule has 0 aliphatic rings. The monoisotopic (exact) mass is 351 g/mol. The normalized spacial score (nSPS) is 12.9. The van der Waals surface area contributed by atoms with E-state index in [2.05, 4.69) is 10.6 Å². The largest absolute Gasteiger partial charge is 0.479 e. The standard InChI is InChI=1S/C17H25N3O5/c1-2-6-13(18)10-25-11-15(22)19-9-14(21)20-16(17(23)24)12-7-4-3-5-8-12/h3-5,7-8,13,16H,2,6,9-11,18H2,1H3,(H,19,22)(H,20,21)(H,23,24). The van der Waals surface area contributed by atoms with Gasteiger partial charge >= 0.3 is 5.97 Å². The molecule has 5 N–H and O–H groups in total. The molecule has 8 nitrogen and oxygen atoms in total. The number of benzene rings is 1. The summed E-state index contributed by atoms with van der Waals surface area (Å²) >= 11 is 0. The molecule has 8 heteroatoms. The molecular weight excluding hydrogens is 326 g/mol. The van der Waals surface area contributed by atoms with Crippen molar-refractivity contribution < 1.29 is 24.2 Å². The van der Waals surface area contributed by atoms with Crippen molar-refractivity contribution in [2.24, 2.45) is 5.73 Å². The lowest BCUT2D eigenvalue weighted by molar-refractivity contribution is -0.142. The van der Waals surface area contributed by atoms with E-state index in [9.17, 15) is 19.5 Å². The van der Waals surface area contributed by atoms with Crippen molar-refractivity contribution in [3.63, 3.8) is 0 Å². The molecule has 0 aliphatic carbocycles. The number of nitrogens with one attached hydrogen (secondary N) is 2. The maximum absolute atomic E-state index is 11.9. The molecule has 0 bridgehead atoms. The predicted molar refractivity (Wildman–Crippen MR) is 91.7 cm³/mol. The second-order valence-electron chi connectivity index (χ2n) is 5.59. The van der Waals surface area contributed by atoms with Crippen LogP contribution in [-0.2, 0) is 19.1 Å². The zero-order valence-electron chi connectivity index (χ0n) is 14.2. The first-order valence-electron chi connectivity index (χ1n) is 8.11. The molecule has 25 heavy (non-hydrogen) atoms. The van der Waals surface area contributed by atoms with E-state index in [0.717, 1.165) is 12.8 Å². The third kappa shape index (κ3) is 8.27. The second kappa shape index (κ2) is 11.2. The number of amides is 2. The highest BCUT2D eigenvalue weighted by atomic mass is 16.5. The molecular formula is C17H25N3O5. The van der Waals surface area contributed by atoms with Crippen molar-refractivity contribution in [3.8, 4) is 0 Å². The van der Waals surface area contributed by atoms with Crippen LogP contribution in [0.15, 0.2) is 30.3 Å². The average Bonchev–Trinajstić information content (AvgIpc) is 2.58. The quantitative estimate of drug-likeness (QED) is 0.450. The highest BCUT2D eigenvalue weighted by Crippen LogP contribution is 2.12. The maximum atomic E-state index is 11.9. The van der Waals surface area contributed by atoms with Gasteiger partial charge in [-0.25, -0.2) is 4.79 Å². The minimum atomic E-state index is -1.18. The highest BCUT2D eigenvalue weighted by molar-refractivity contribution is 5.88. The molecule has 1 rings (SSSR count). The molecule has 138 valence electrons. The van der Waals surface area contributed by atoms with E-state index in [1.807, 2.05) is 6.92 Å². The summed E-state index contributed by atoms with van der Waals surface area (Å²) in [4.78, 5) is 34.8. The summed E-state index contributed by atoms with van der Waals surface area (Å²) in [6.45, 7) is 1.74. The molecule has 0 saturated heterocycles. The van der Waals surface area contributed by atoms with Crippen LogP contribution < -0.4 is 16.4 Å². The number of hydrogen-bond donors (Lipinski definition) is 4. The predicted octanol–water partition coefficient (Wildman–Crippen LogP) is 0.189. The van der Waals surface area contributed by atoms with Gasteiger partial charge in [-0.3, -0.25) is 9.59 Å². The minimum absolute atomic E-state index is 0.122. The van der Waals surface area contributed by atoms with E-state index < -0.39 is 23.8 Å². The maximum Gasteiger partial charge on any atom is 0.330 e. The number of nitrogens with two attached hydrogens (primary N) is 1. The van der Waals surface area contributed by atoms with Gasteiger partial charge in [0.1, 0.15) is 6.61 Å². The molecule has 0 saturated carbocycles. The van der Waals surface area contributed by atoms with Gasteiger partial charge in [-0.1, -0.05) is 43.7 Å². The Morgan fingerprint density at radius 2 is 1.88 bits per heavy atom. The van der Waals surface area contributed by atoms with Gasteiger partial charge in [0.15, 0.2) is 6.04 Å². The van der Waals surface area contributed by atoms with Gasteiger partial charge in [0.2, 0.25) is 11.8 Å². The summed E-state index contributed by atoms with van der Waals surface area (Å²) in [5, 5.41) is 14.0. The molecule has 0 radical (unpaired) electrons. The molecule has 0 aliphatic heterocycles. The number of ether oxygens (including phenoxy) is 1. The fourth-order valence-corrected chi connectivity index (χ4v) is 2.13. The first-order chi connectivity index (χ1) is 11.9. The Labute approximate surface area is 146 Å². The highest BCUT2D eigenvalue weighted by Gasteiger charge is 2.21. The number of aliphatic carboxylic acids is 1. The van der Waals surface area contributed by atoms with Crippen molar-refractivity contribution in [2.45, 2.75) is 31.8 Å². The summed E-state index contributed by atoms with van der Waals surface area (Å²) in [7, 11) is 0. The zero-order valence-corrected chi connectivity index (χ0v) is 14.2. The van der Waals surface area contributed by atoms with Gasteiger partial charge in [-0.15, -0.1) is 0 Å². The SMILES string of the molecule is CCCC(N)COCC(=O)NCC(=O)NC(C(=O)O)c1ccccc1. The first-order valence-corrected chi connectivity index (χ1v) is 8.11. The lowest BCUT2D eigenvalue weighted by Crippen LogP contribution is -2.42. The van der Waals surface area contributed by atoms with Crippen LogP contribution in [-0.4, -0.2) is 48.7 Å². The summed E-state index contributed by atoms with van der Waals surface area (Å²) < 4.78 is 5.17. The number of rotatable bonds is 11. The van der Waals surface area contributed by atoms with Crippen LogP contribution in [0.5, 0.6) is 0 Å². The minimum Gasteiger partial charge on any atom is -0.479 e. The number of carboxylic acids is 1. The fraction of sp³-hybridized carbons (Fsp3) is 0.471.